The van der Waals surface area contributed by atoms with Crippen molar-refractivity contribution in [2.45, 2.75) is 33.0 Å². The summed E-state index contributed by atoms with van der Waals surface area (Å²) in [5.41, 5.74) is 1.17. The Balaban J connectivity index is 1.99. The summed E-state index contributed by atoms with van der Waals surface area (Å²) in [4.78, 5) is 18.4. The van der Waals surface area contributed by atoms with Crippen molar-refractivity contribution >= 4 is 17.2 Å². The maximum atomic E-state index is 11.6. The molecule has 6 nitrogen and oxygen atoms in total. The predicted molar refractivity (Wildman–Crippen MR) is 75.2 cm³/mol. The third-order valence-electron chi connectivity index (χ3n) is 3.48. The Labute approximate surface area is 117 Å². The number of anilines is 1. The average Bonchev–Trinajstić information content (AvgIpc) is 2.80. The molecule has 3 rings (SSSR count). The van der Waals surface area contributed by atoms with Gasteiger partial charge in [0.1, 0.15) is 5.82 Å². The van der Waals surface area contributed by atoms with E-state index >= 15 is 0 Å². The van der Waals surface area contributed by atoms with E-state index in [0.29, 0.717) is 11.2 Å². The minimum atomic E-state index is -0.0200. The van der Waals surface area contributed by atoms with Gasteiger partial charge in [-0.05, 0) is 26.8 Å². The summed E-state index contributed by atoms with van der Waals surface area (Å²) in [7, 11) is 0. The maximum absolute atomic E-state index is 11.6. The summed E-state index contributed by atoms with van der Waals surface area (Å²) in [5, 5.41) is 4.15. The first kappa shape index (κ1) is 13.1. The van der Waals surface area contributed by atoms with E-state index < -0.39 is 0 Å². The quantitative estimate of drug-likeness (QED) is 0.778. The van der Waals surface area contributed by atoms with Crippen LogP contribution in [0.15, 0.2) is 18.5 Å². The molecule has 0 radical (unpaired) electrons. The number of fused-ring (bicyclic) bond motifs is 1. The summed E-state index contributed by atoms with van der Waals surface area (Å²) in [6.45, 7) is 7.25. The van der Waals surface area contributed by atoms with Gasteiger partial charge in [-0.3, -0.25) is 4.79 Å². The van der Waals surface area contributed by atoms with Crippen LogP contribution in [0.1, 0.15) is 31.1 Å². The van der Waals surface area contributed by atoms with Crippen molar-refractivity contribution in [3.8, 4) is 0 Å². The first-order valence-electron chi connectivity index (χ1n) is 6.80. The minimum Gasteiger partial charge on any atom is -0.372 e. The molecule has 106 valence electrons. The van der Waals surface area contributed by atoms with E-state index in [2.05, 4.69) is 28.8 Å². The lowest BCUT2D eigenvalue weighted by Gasteiger charge is -2.36. The Bertz CT molecular complexity index is 642. The van der Waals surface area contributed by atoms with Crippen LogP contribution < -0.4 is 4.90 Å². The normalized spacial score (nSPS) is 23.2. The zero-order valence-corrected chi connectivity index (χ0v) is 11.9. The lowest BCUT2D eigenvalue weighted by atomic mass is 10.2. The van der Waals surface area contributed by atoms with E-state index in [1.165, 1.54) is 6.92 Å². The third-order valence-corrected chi connectivity index (χ3v) is 3.48. The van der Waals surface area contributed by atoms with Crippen molar-refractivity contribution in [3.63, 3.8) is 0 Å². The number of carbonyl (C=O) groups excluding carboxylic acids is 1. The van der Waals surface area contributed by atoms with Crippen LogP contribution in [0.3, 0.4) is 0 Å². The van der Waals surface area contributed by atoms with Gasteiger partial charge in [0.05, 0.1) is 24.0 Å². The molecular weight excluding hydrogens is 256 g/mol. The van der Waals surface area contributed by atoms with Gasteiger partial charge in [0.2, 0.25) is 0 Å². The second-order valence-corrected chi connectivity index (χ2v) is 5.33. The summed E-state index contributed by atoms with van der Waals surface area (Å²) >= 11 is 0. The van der Waals surface area contributed by atoms with E-state index in [1.54, 1.807) is 10.7 Å². The predicted octanol–water partition coefficient (Wildman–Crippen LogP) is 1.55. The molecule has 6 heteroatoms. The van der Waals surface area contributed by atoms with Gasteiger partial charge in [-0.25, -0.2) is 9.50 Å². The molecule has 0 saturated carbocycles. The maximum Gasteiger partial charge on any atom is 0.168 e. The zero-order chi connectivity index (χ0) is 14.3. The molecule has 1 aliphatic heterocycles. The van der Waals surface area contributed by atoms with Gasteiger partial charge < -0.3 is 9.64 Å². The molecule has 0 spiro atoms. The summed E-state index contributed by atoms with van der Waals surface area (Å²) < 4.78 is 7.36. The summed E-state index contributed by atoms with van der Waals surface area (Å²) in [5.74, 6) is 0.843. The number of rotatable bonds is 2. The smallest absolute Gasteiger partial charge is 0.168 e. The standard InChI is InChI=1S/C14H18N4O2/c1-9-7-17(8-10(2)20-9)13-4-5-18-14(16-13)12(6-15-18)11(3)19/h4-6,9-10H,7-8H2,1-3H3/t9-,10-/m0/s1. The van der Waals surface area contributed by atoms with E-state index in [0.717, 1.165) is 18.9 Å². The van der Waals surface area contributed by atoms with Crippen LogP contribution in [-0.4, -0.2) is 45.7 Å². The lowest BCUT2D eigenvalue weighted by Crippen LogP contribution is -2.45. The number of ketones is 1. The van der Waals surface area contributed by atoms with Gasteiger partial charge in [0.15, 0.2) is 11.4 Å². The van der Waals surface area contributed by atoms with Crippen LogP contribution in [0, 0.1) is 0 Å². The molecule has 2 atom stereocenters. The molecule has 0 bridgehead atoms. The Kier molecular flexibility index (Phi) is 3.17. The van der Waals surface area contributed by atoms with Gasteiger partial charge >= 0.3 is 0 Å². The Morgan fingerprint density at radius 3 is 2.70 bits per heavy atom. The number of aromatic nitrogens is 3. The highest BCUT2D eigenvalue weighted by Gasteiger charge is 2.23. The first-order valence-corrected chi connectivity index (χ1v) is 6.80. The molecule has 1 fully saturated rings. The van der Waals surface area contributed by atoms with Crippen molar-refractivity contribution in [1.82, 2.24) is 14.6 Å². The molecule has 0 aromatic carbocycles. The number of nitrogens with zero attached hydrogens (tertiary/aromatic N) is 4. The highest BCUT2D eigenvalue weighted by atomic mass is 16.5. The van der Waals surface area contributed by atoms with Crippen LogP contribution in [0.4, 0.5) is 5.82 Å². The third kappa shape index (κ3) is 2.27. The first-order chi connectivity index (χ1) is 9.54. The molecule has 2 aromatic heterocycles. The van der Waals surface area contributed by atoms with Crippen molar-refractivity contribution in [2.75, 3.05) is 18.0 Å². The topological polar surface area (TPSA) is 59.7 Å². The Hall–Kier alpha value is -1.95. The fourth-order valence-corrected chi connectivity index (χ4v) is 2.65. The van der Waals surface area contributed by atoms with Gasteiger partial charge in [-0.2, -0.15) is 5.10 Å². The molecule has 0 aliphatic carbocycles. The van der Waals surface area contributed by atoms with Crippen LogP contribution in [0.5, 0.6) is 0 Å². The fraction of sp³-hybridized carbons (Fsp3) is 0.500. The Morgan fingerprint density at radius 2 is 2.05 bits per heavy atom. The second-order valence-electron chi connectivity index (χ2n) is 5.33. The van der Waals surface area contributed by atoms with E-state index in [1.807, 2.05) is 12.3 Å². The number of hydrogen-bond acceptors (Lipinski definition) is 5. The average molecular weight is 274 g/mol. The molecular formula is C14H18N4O2. The number of carbonyl (C=O) groups is 1. The molecule has 1 aliphatic rings. The van der Waals surface area contributed by atoms with E-state index in [4.69, 9.17) is 4.74 Å². The van der Waals surface area contributed by atoms with Gasteiger partial charge in [-0.1, -0.05) is 0 Å². The van der Waals surface area contributed by atoms with Crippen LogP contribution in [0.2, 0.25) is 0 Å². The van der Waals surface area contributed by atoms with Crippen molar-refractivity contribution in [1.29, 1.82) is 0 Å². The molecule has 3 heterocycles. The van der Waals surface area contributed by atoms with Crippen molar-refractivity contribution in [3.05, 3.63) is 24.0 Å². The highest BCUT2D eigenvalue weighted by molar-refractivity contribution is 5.99. The second kappa shape index (κ2) is 4.86. The van der Waals surface area contributed by atoms with Gasteiger partial charge in [0, 0.05) is 19.3 Å². The van der Waals surface area contributed by atoms with Crippen molar-refractivity contribution in [2.24, 2.45) is 0 Å². The molecule has 0 unspecified atom stereocenters. The summed E-state index contributed by atoms with van der Waals surface area (Å²) in [6, 6.07) is 1.93. The minimum absolute atomic E-state index is 0.0200. The van der Waals surface area contributed by atoms with E-state index in [9.17, 15) is 4.79 Å². The molecule has 1 saturated heterocycles. The van der Waals surface area contributed by atoms with Gasteiger partial charge in [0.25, 0.3) is 0 Å². The Morgan fingerprint density at radius 1 is 1.35 bits per heavy atom. The number of morpholine rings is 1. The zero-order valence-electron chi connectivity index (χ0n) is 11.9. The molecule has 2 aromatic rings. The number of ether oxygens (including phenoxy) is 1. The number of hydrogen-bond donors (Lipinski definition) is 0. The fourth-order valence-electron chi connectivity index (χ4n) is 2.65. The SMILES string of the molecule is CC(=O)c1cnn2ccc(N3C[C@H](C)O[C@@H](C)C3)nc12. The van der Waals surface area contributed by atoms with Crippen LogP contribution >= 0.6 is 0 Å². The molecule has 0 N–H and O–H groups in total. The van der Waals surface area contributed by atoms with Gasteiger partial charge in [-0.15, -0.1) is 0 Å². The van der Waals surface area contributed by atoms with Crippen molar-refractivity contribution < 1.29 is 9.53 Å². The number of Topliss-reactive ketones (excluding diaryl/α,β-unsaturated/α-hetero) is 1. The molecule has 0 amide bonds. The largest absolute Gasteiger partial charge is 0.372 e. The highest BCUT2D eigenvalue weighted by Crippen LogP contribution is 2.20. The van der Waals surface area contributed by atoms with E-state index in [-0.39, 0.29) is 18.0 Å². The molecule has 20 heavy (non-hydrogen) atoms. The van der Waals surface area contributed by atoms with Crippen LogP contribution in [-0.2, 0) is 4.74 Å². The van der Waals surface area contributed by atoms with Crippen LogP contribution in [0.25, 0.3) is 5.65 Å². The summed E-state index contributed by atoms with van der Waals surface area (Å²) in [6.07, 6.45) is 3.76. The monoisotopic (exact) mass is 274 g/mol. The lowest BCUT2D eigenvalue weighted by molar-refractivity contribution is -0.00545.